The van der Waals surface area contributed by atoms with Crippen LogP contribution in [0.5, 0.6) is 5.75 Å². The van der Waals surface area contributed by atoms with Crippen molar-refractivity contribution in [3.63, 3.8) is 0 Å². The van der Waals surface area contributed by atoms with Crippen molar-refractivity contribution in [2.45, 2.75) is 32.1 Å². The van der Waals surface area contributed by atoms with Crippen LogP contribution in [0.3, 0.4) is 0 Å². The van der Waals surface area contributed by atoms with Crippen molar-refractivity contribution in [1.82, 2.24) is 0 Å². The van der Waals surface area contributed by atoms with Gasteiger partial charge in [0, 0.05) is 0 Å². The molecule has 1 unspecified atom stereocenters. The zero-order valence-corrected chi connectivity index (χ0v) is 14.1. The van der Waals surface area contributed by atoms with Gasteiger partial charge in [0.25, 0.3) is 0 Å². The van der Waals surface area contributed by atoms with Crippen molar-refractivity contribution >= 4 is 11.9 Å². The topological polar surface area (TPSA) is 83.8 Å². The van der Waals surface area contributed by atoms with Crippen molar-refractivity contribution in [2.24, 2.45) is 0 Å². The lowest BCUT2D eigenvalue weighted by Gasteiger charge is -2.16. The third-order valence-corrected chi connectivity index (χ3v) is 3.99. The van der Waals surface area contributed by atoms with E-state index >= 15 is 0 Å². The molecule has 0 heterocycles. The summed E-state index contributed by atoms with van der Waals surface area (Å²) in [5.41, 5.74) is 1.35. The monoisotopic (exact) mass is 342 g/mol. The molecule has 0 saturated carbocycles. The number of carboxylic acid groups (broad SMARTS) is 2. The Bertz CT molecular complexity index is 738. The van der Waals surface area contributed by atoms with Gasteiger partial charge in [0.05, 0.1) is 18.1 Å². The molecule has 0 fully saturated rings. The Morgan fingerprint density at radius 2 is 1.84 bits per heavy atom. The zero-order valence-electron chi connectivity index (χ0n) is 14.1. The molecule has 0 spiro atoms. The highest BCUT2D eigenvalue weighted by Gasteiger charge is 2.23. The molecule has 2 aromatic rings. The van der Waals surface area contributed by atoms with E-state index in [-0.39, 0.29) is 12.0 Å². The van der Waals surface area contributed by atoms with E-state index in [2.05, 4.69) is 6.92 Å². The molecule has 0 aliphatic heterocycles. The number of para-hydroxylation sites is 1. The Morgan fingerprint density at radius 1 is 1.08 bits per heavy atom. The Hall–Kier alpha value is -2.82. The van der Waals surface area contributed by atoms with Crippen LogP contribution in [-0.2, 0) is 11.2 Å². The summed E-state index contributed by atoms with van der Waals surface area (Å²) < 4.78 is 5.77. The number of carboxylic acids is 2. The molecule has 0 aromatic heterocycles. The molecule has 0 saturated heterocycles. The van der Waals surface area contributed by atoms with Crippen LogP contribution in [0.15, 0.2) is 48.5 Å². The van der Waals surface area contributed by atoms with Gasteiger partial charge in [-0.15, -0.1) is 0 Å². The van der Waals surface area contributed by atoms with E-state index in [0.717, 1.165) is 18.4 Å². The van der Waals surface area contributed by atoms with Crippen LogP contribution in [0, 0.1) is 0 Å². The molecular weight excluding hydrogens is 320 g/mol. The highest BCUT2D eigenvalue weighted by molar-refractivity contribution is 5.88. The van der Waals surface area contributed by atoms with E-state index in [1.54, 1.807) is 12.1 Å². The number of aliphatic carboxylic acids is 1. The molecule has 2 N–H and O–H groups in total. The molecule has 0 aliphatic carbocycles. The number of rotatable bonds is 9. The zero-order chi connectivity index (χ0) is 18.2. The summed E-state index contributed by atoms with van der Waals surface area (Å²) in [6.45, 7) is 2.66. The van der Waals surface area contributed by atoms with Gasteiger partial charge >= 0.3 is 11.9 Å². The maximum absolute atomic E-state index is 11.8. The van der Waals surface area contributed by atoms with E-state index in [1.165, 1.54) is 12.1 Å². The lowest BCUT2D eigenvalue weighted by Crippen LogP contribution is -2.16. The minimum Gasteiger partial charge on any atom is -0.493 e. The van der Waals surface area contributed by atoms with Gasteiger partial charge in [0.1, 0.15) is 5.75 Å². The van der Waals surface area contributed by atoms with E-state index in [9.17, 15) is 14.7 Å². The Kier molecular flexibility index (Phi) is 6.57. The van der Waals surface area contributed by atoms with Gasteiger partial charge in [0.2, 0.25) is 0 Å². The summed E-state index contributed by atoms with van der Waals surface area (Å²) in [7, 11) is 0. The van der Waals surface area contributed by atoms with Crippen LogP contribution < -0.4 is 4.74 Å². The number of aromatic carboxylic acids is 1. The normalized spacial score (nSPS) is 11.7. The van der Waals surface area contributed by atoms with Crippen LogP contribution in [-0.4, -0.2) is 28.8 Å². The second-order valence-electron chi connectivity index (χ2n) is 5.84. The summed E-state index contributed by atoms with van der Waals surface area (Å²) in [5.74, 6) is -2.23. The van der Waals surface area contributed by atoms with Crippen molar-refractivity contribution in [2.75, 3.05) is 6.61 Å². The Balaban J connectivity index is 2.27. The van der Waals surface area contributed by atoms with Gasteiger partial charge in [-0.2, -0.15) is 0 Å². The molecule has 25 heavy (non-hydrogen) atoms. The van der Waals surface area contributed by atoms with E-state index in [4.69, 9.17) is 9.84 Å². The standard InChI is InChI=1S/C20H22O5/c1-2-3-11-25-18-10-5-4-7-15(18)13-17(20(23)24)14-8-6-9-16(12-14)19(21)22/h4-10,12,17H,2-3,11,13H2,1H3,(H,21,22)(H,23,24). The van der Waals surface area contributed by atoms with Gasteiger partial charge in [-0.25, -0.2) is 4.79 Å². The highest BCUT2D eigenvalue weighted by Crippen LogP contribution is 2.27. The summed E-state index contributed by atoms with van der Waals surface area (Å²) >= 11 is 0. The summed E-state index contributed by atoms with van der Waals surface area (Å²) in [6.07, 6.45) is 2.18. The fraction of sp³-hybridized carbons (Fsp3) is 0.300. The van der Waals surface area contributed by atoms with Crippen LogP contribution in [0.25, 0.3) is 0 Å². The van der Waals surface area contributed by atoms with Crippen LogP contribution in [0.1, 0.15) is 47.2 Å². The summed E-state index contributed by atoms with van der Waals surface area (Å²) in [4.78, 5) is 22.9. The smallest absolute Gasteiger partial charge is 0.335 e. The molecule has 1 atom stereocenters. The average molecular weight is 342 g/mol. The molecule has 0 amide bonds. The van der Waals surface area contributed by atoms with Crippen molar-refractivity contribution in [1.29, 1.82) is 0 Å². The van der Waals surface area contributed by atoms with Crippen molar-refractivity contribution in [3.05, 3.63) is 65.2 Å². The minimum absolute atomic E-state index is 0.0798. The molecule has 0 aliphatic rings. The first-order valence-corrected chi connectivity index (χ1v) is 8.29. The number of hydrogen-bond donors (Lipinski definition) is 2. The summed E-state index contributed by atoms with van der Waals surface area (Å²) in [6, 6.07) is 13.5. The third-order valence-electron chi connectivity index (χ3n) is 3.99. The SMILES string of the molecule is CCCCOc1ccccc1CC(C(=O)O)c1cccc(C(=O)O)c1. The highest BCUT2D eigenvalue weighted by atomic mass is 16.5. The molecular formula is C20H22O5. The van der Waals surface area contributed by atoms with Gasteiger partial charge in [-0.3, -0.25) is 4.79 Å². The molecule has 5 nitrogen and oxygen atoms in total. The summed E-state index contributed by atoms with van der Waals surface area (Å²) in [5, 5.41) is 18.8. The third kappa shape index (κ3) is 5.08. The predicted octanol–water partition coefficient (Wildman–Crippen LogP) is 3.97. The molecule has 2 rings (SSSR count). The van der Waals surface area contributed by atoms with Gasteiger partial charge in [-0.1, -0.05) is 43.7 Å². The first-order chi connectivity index (χ1) is 12.0. The fourth-order valence-corrected chi connectivity index (χ4v) is 2.60. The lowest BCUT2D eigenvalue weighted by molar-refractivity contribution is -0.138. The second kappa shape index (κ2) is 8.87. The van der Waals surface area contributed by atoms with Crippen molar-refractivity contribution in [3.8, 4) is 5.75 Å². The predicted molar refractivity (Wildman–Crippen MR) is 94.3 cm³/mol. The van der Waals surface area contributed by atoms with Crippen LogP contribution in [0.4, 0.5) is 0 Å². The number of unbranched alkanes of at least 4 members (excludes halogenated alkanes) is 1. The first kappa shape index (κ1) is 18.5. The van der Waals surface area contributed by atoms with Gasteiger partial charge in [0.15, 0.2) is 0 Å². The molecule has 0 bridgehead atoms. The molecule has 0 radical (unpaired) electrons. The quantitative estimate of drug-likeness (QED) is 0.674. The minimum atomic E-state index is -1.07. The number of benzene rings is 2. The van der Waals surface area contributed by atoms with Crippen LogP contribution >= 0.6 is 0 Å². The van der Waals surface area contributed by atoms with E-state index in [1.807, 2.05) is 24.3 Å². The number of hydrogen-bond acceptors (Lipinski definition) is 3. The van der Waals surface area contributed by atoms with E-state index < -0.39 is 17.9 Å². The molecule has 5 heteroatoms. The molecule has 2 aromatic carbocycles. The first-order valence-electron chi connectivity index (χ1n) is 8.29. The second-order valence-corrected chi connectivity index (χ2v) is 5.84. The van der Waals surface area contributed by atoms with Gasteiger partial charge in [-0.05, 0) is 42.2 Å². The molecule has 132 valence electrons. The maximum Gasteiger partial charge on any atom is 0.335 e. The van der Waals surface area contributed by atoms with Gasteiger partial charge < -0.3 is 14.9 Å². The largest absolute Gasteiger partial charge is 0.493 e. The fourth-order valence-electron chi connectivity index (χ4n) is 2.60. The van der Waals surface area contributed by atoms with Crippen LogP contribution in [0.2, 0.25) is 0 Å². The lowest BCUT2D eigenvalue weighted by atomic mass is 9.90. The average Bonchev–Trinajstić information content (AvgIpc) is 2.60. The number of carbonyl (C=O) groups is 2. The van der Waals surface area contributed by atoms with Crippen molar-refractivity contribution < 1.29 is 24.5 Å². The Labute approximate surface area is 146 Å². The Morgan fingerprint density at radius 3 is 2.52 bits per heavy atom. The van der Waals surface area contributed by atoms with E-state index in [0.29, 0.717) is 17.9 Å². The number of ether oxygens (including phenoxy) is 1. The maximum atomic E-state index is 11.8.